The fraction of sp³-hybridized carbons (Fsp3) is 0.111. The number of rotatable bonds is 2. The van der Waals surface area contributed by atoms with E-state index < -0.39 is 0 Å². The molecule has 5 heteroatoms. The van der Waals surface area contributed by atoms with Gasteiger partial charge in [0.05, 0.1) is 10.7 Å². The molecular formula is C9H9ClN4. The van der Waals surface area contributed by atoms with Crippen LogP contribution in [0.5, 0.6) is 0 Å². The van der Waals surface area contributed by atoms with Crippen LogP contribution in [-0.4, -0.2) is 14.8 Å². The van der Waals surface area contributed by atoms with Gasteiger partial charge in [0.15, 0.2) is 0 Å². The van der Waals surface area contributed by atoms with Crippen molar-refractivity contribution in [1.29, 1.82) is 0 Å². The monoisotopic (exact) mass is 208 g/mol. The summed E-state index contributed by atoms with van der Waals surface area (Å²) in [6, 6.07) is 5.67. The predicted molar refractivity (Wildman–Crippen MR) is 54.3 cm³/mol. The van der Waals surface area contributed by atoms with E-state index in [4.69, 9.17) is 17.3 Å². The lowest BCUT2D eigenvalue weighted by Gasteiger charge is -2.05. The van der Waals surface area contributed by atoms with E-state index in [1.54, 1.807) is 17.2 Å². The second kappa shape index (κ2) is 3.77. The van der Waals surface area contributed by atoms with Crippen molar-refractivity contribution in [1.82, 2.24) is 14.8 Å². The van der Waals surface area contributed by atoms with Crippen LogP contribution in [0.2, 0.25) is 5.02 Å². The van der Waals surface area contributed by atoms with Crippen molar-refractivity contribution < 1.29 is 0 Å². The normalized spacial score (nSPS) is 10.4. The smallest absolute Gasteiger partial charge is 0.123 e. The molecule has 0 fully saturated rings. The Morgan fingerprint density at radius 3 is 2.57 bits per heavy atom. The van der Waals surface area contributed by atoms with Crippen LogP contribution >= 0.6 is 11.6 Å². The van der Waals surface area contributed by atoms with Gasteiger partial charge < -0.3 is 5.73 Å². The molecule has 0 spiro atoms. The zero-order valence-corrected chi connectivity index (χ0v) is 8.15. The summed E-state index contributed by atoms with van der Waals surface area (Å²) in [4.78, 5) is 0. The van der Waals surface area contributed by atoms with Crippen molar-refractivity contribution in [3.05, 3.63) is 41.4 Å². The minimum Gasteiger partial charge on any atom is -0.326 e. The Kier molecular flexibility index (Phi) is 2.47. The quantitative estimate of drug-likeness (QED) is 0.811. The molecule has 0 saturated heterocycles. The average Bonchev–Trinajstić information content (AvgIpc) is 2.70. The van der Waals surface area contributed by atoms with Crippen LogP contribution in [0.3, 0.4) is 0 Å². The fourth-order valence-corrected chi connectivity index (χ4v) is 1.51. The highest BCUT2D eigenvalue weighted by Crippen LogP contribution is 2.20. The highest BCUT2D eigenvalue weighted by Gasteiger charge is 2.02. The lowest BCUT2D eigenvalue weighted by atomic mass is 10.2. The van der Waals surface area contributed by atoms with Crippen molar-refractivity contribution >= 4 is 11.6 Å². The third-order valence-corrected chi connectivity index (χ3v) is 2.25. The van der Waals surface area contributed by atoms with Crippen LogP contribution in [-0.2, 0) is 6.54 Å². The lowest BCUT2D eigenvalue weighted by molar-refractivity contribution is 1.03. The van der Waals surface area contributed by atoms with Crippen molar-refractivity contribution in [3.8, 4) is 5.69 Å². The van der Waals surface area contributed by atoms with Gasteiger partial charge in [-0.3, -0.25) is 4.57 Å². The molecule has 4 nitrogen and oxygen atoms in total. The first-order chi connectivity index (χ1) is 6.81. The van der Waals surface area contributed by atoms with Gasteiger partial charge in [0.25, 0.3) is 0 Å². The third kappa shape index (κ3) is 1.62. The van der Waals surface area contributed by atoms with Gasteiger partial charge in [0.1, 0.15) is 12.7 Å². The fourth-order valence-electron chi connectivity index (χ4n) is 1.21. The molecule has 2 aromatic rings. The molecule has 0 aliphatic heterocycles. The SMILES string of the molecule is NCc1ccc(-n2cnnc2)c(Cl)c1. The summed E-state index contributed by atoms with van der Waals surface area (Å²) in [5.74, 6) is 0. The molecule has 2 rings (SSSR count). The van der Waals surface area contributed by atoms with Gasteiger partial charge in [-0.1, -0.05) is 17.7 Å². The van der Waals surface area contributed by atoms with Crippen molar-refractivity contribution in [2.24, 2.45) is 5.73 Å². The molecule has 14 heavy (non-hydrogen) atoms. The highest BCUT2D eigenvalue weighted by molar-refractivity contribution is 6.32. The number of halogens is 1. The number of aromatic nitrogens is 3. The van der Waals surface area contributed by atoms with E-state index in [-0.39, 0.29) is 0 Å². The summed E-state index contributed by atoms with van der Waals surface area (Å²) < 4.78 is 1.75. The summed E-state index contributed by atoms with van der Waals surface area (Å²) in [6.45, 7) is 0.488. The topological polar surface area (TPSA) is 56.7 Å². The molecule has 0 atom stereocenters. The van der Waals surface area contributed by atoms with Gasteiger partial charge in [0, 0.05) is 6.54 Å². The number of hydrogen-bond acceptors (Lipinski definition) is 3. The van der Waals surface area contributed by atoms with E-state index in [9.17, 15) is 0 Å². The van der Waals surface area contributed by atoms with Crippen molar-refractivity contribution in [3.63, 3.8) is 0 Å². The number of hydrogen-bond donors (Lipinski definition) is 1. The molecule has 1 aromatic carbocycles. The van der Waals surface area contributed by atoms with Gasteiger partial charge in [-0.2, -0.15) is 0 Å². The summed E-state index contributed by atoms with van der Waals surface area (Å²) >= 11 is 6.07. The first-order valence-corrected chi connectivity index (χ1v) is 4.52. The molecular weight excluding hydrogens is 200 g/mol. The summed E-state index contributed by atoms with van der Waals surface area (Å²) in [5.41, 5.74) is 7.36. The molecule has 0 amide bonds. The molecule has 72 valence electrons. The lowest BCUT2D eigenvalue weighted by Crippen LogP contribution is -1.98. The summed E-state index contributed by atoms with van der Waals surface area (Å²) in [6.07, 6.45) is 3.20. The molecule has 1 heterocycles. The van der Waals surface area contributed by atoms with Gasteiger partial charge in [-0.05, 0) is 17.7 Å². The molecule has 0 aliphatic rings. The Hall–Kier alpha value is -1.39. The van der Waals surface area contributed by atoms with Crippen molar-refractivity contribution in [2.45, 2.75) is 6.54 Å². The minimum atomic E-state index is 0.488. The maximum absolute atomic E-state index is 6.07. The molecule has 0 bridgehead atoms. The van der Waals surface area contributed by atoms with Gasteiger partial charge in [0.2, 0.25) is 0 Å². The minimum absolute atomic E-state index is 0.488. The standard InChI is InChI=1S/C9H9ClN4/c10-8-3-7(4-11)1-2-9(8)14-5-12-13-6-14/h1-3,5-6H,4,11H2. The molecule has 0 radical (unpaired) electrons. The number of nitrogens with zero attached hydrogens (tertiary/aromatic N) is 3. The van der Waals surface area contributed by atoms with Crippen LogP contribution in [0.15, 0.2) is 30.9 Å². The van der Waals surface area contributed by atoms with E-state index in [0.717, 1.165) is 11.3 Å². The van der Waals surface area contributed by atoms with Crippen LogP contribution in [0.1, 0.15) is 5.56 Å². The molecule has 0 unspecified atom stereocenters. The van der Waals surface area contributed by atoms with Crippen LogP contribution < -0.4 is 5.73 Å². The van der Waals surface area contributed by atoms with Crippen LogP contribution in [0, 0.1) is 0 Å². The van der Waals surface area contributed by atoms with Gasteiger partial charge >= 0.3 is 0 Å². The highest BCUT2D eigenvalue weighted by atomic mass is 35.5. The first-order valence-electron chi connectivity index (χ1n) is 4.15. The molecule has 0 aliphatic carbocycles. The van der Waals surface area contributed by atoms with E-state index in [1.807, 2.05) is 18.2 Å². The van der Waals surface area contributed by atoms with E-state index in [0.29, 0.717) is 11.6 Å². The Balaban J connectivity index is 2.46. The van der Waals surface area contributed by atoms with E-state index >= 15 is 0 Å². The Bertz CT molecular complexity index is 424. The maximum Gasteiger partial charge on any atom is 0.123 e. The molecule has 0 saturated carbocycles. The van der Waals surface area contributed by atoms with Crippen LogP contribution in [0.4, 0.5) is 0 Å². The zero-order chi connectivity index (χ0) is 9.97. The van der Waals surface area contributed by atoms with Gasteiger partial charge in [-0.25, -0.2) is 0 Å². The first kappa shape index (κ1) is 9.18. The Labute approximate surface area is 86.3 Å². The Morgan fingerprint density at radius 2 is 2.00 bits per heavy atom. The number of nitrogens with two attached hydrogens (primary N) is 1. The maximum atomic E-state index is 6.07. The van der Waals surface area contributed by atoms with Crippen molar-refractivity contribution in [2.75, 3.05) is 0 Å². The van der Waals surface area contributed by atoms with Gasteiger partial charge in [-0.15, -0.1) is 10.2 Å². The molecule has 1 aromatic heterocycles. The summed E-state index contributed by atoms with van der Waals surface area (Å²) in [7, 11) is 0. The molecule has 2 N–H and O–H groups in total. The average molecular weight is 209 g/mol. The van der Waals surface area contributed by atoms with Crippen LogP contribution in [0.25, 0.3) is 5.69 Å². The second-order valence-electron chi connectivity index (χ2n) is 2.86. The van der Waals surface area contributed by atoms with E-state index in [1.165, 1.54) is 0 Å². The third-order valence-electron chi connectivity index (χ3n) is 1.94. The van der Waals surface area contributed by atoms with E-state index in [2.05, 4.69) is 10.2 Å². The second-order valence-corrected chi connectivity index (χ2v) is 3.27. The zero-order valence-electron chi connectivity index (χ0n) is 7.39. The number of benzene rings is 1. The predicted octanol–water partition coefficient (Wildman–Crippen LogP) is 1.38. The summed E-state index contributed by atoms with van der Waals surface area (Å²) in [5, 5.41) is 8.07. The Morgan fingerprint density at radius 1 is 1.29 bits per heavy atom. The largest absolute Gasteiger partial charge is 0.326 e.